The van der Waals surface area contributed by atoms with Crippen molar-refractivity contribution < 1.29 is 9.53 Å². The van der Waals surface area contributed by atoms with Crippen LogP contribution in [0, 0.1) is 25.2 Å². The van der Waals surface area contributed by atoms with E-state index in [2.05, 4.69) is 9.88 Å². The summed E-state index contributed by atoms with van der Waals surface area (Å²) in [5.41, 5.74) is 3.96. The molecule has 136 valence electrons. The highest BCUT2D eigenvalue weighted by molar-refractivity contribution is 6.02. The summed E-state index contributed by atoms with van der Waals surface area (Å²) in [6.07, 6.45) is 1.64. The molecular formula is C21H25N3O2. The number of benzene rings is 1. The molecule has 2 rings (SSSR count). The maximum absolute atomic E-state index is 12.1. The highest BCUT2D eigenvalue weighted by Crippen LogP contribution is 2.24. The van der Waals surface area contributed by atoms with Crippen LogP contribution >= 0.6 is 0 Å². The molecule has 5 heteroatoms. The molecule has 0 aliphatic rings. The van der Waals surface area contributed by atoms with Crippen LogP contribution in [-0.4, -0.2) is 23.1 Å². The van der Waals surface area contributed by atoms with Gasteiger partial charge in [0.05, 0.1) is 6.61 Å². The SMILES string of the molecule is CCOc1ccc(-n2c(C)cc(/C=C(\C#N)C(=O)NC(C)C)c2C)cc1. The monoisotopic (exact) mass is 351 g/mol. The maximum atomic E-state index is 12.1. The van der Waals surface area contributed by atoms with E-state index >= 15 is 0 Å². The third-order valence-electron chi connectivity index (χ3n) is 3.96. The van der Waals surface area contributed by atoms with Crippen LogP contribution < -0.4 is 10.1 Å². The van der Waals surface area contributed by atoms with Crippen molar-refractivity contribution in [1.29, 1.82) is 5.26 Å². The Balaban J connectivity index is 2.39. The third-order valence-corrected chi connectivity index (χ3v) is 3.96. The number of hydrogen-bond acceptors (Lipinski definition) is 3. The molecule has 1 N–H and O–H groups in total. The van der Waals surface area contributed by atoms with Crippen LogP contribution in [0.5, 0.6) is 5.75 Å². The summed E-state index contributed by atoms with van der Waals surface area (Å²) in [7, 11) is 0. The highest BCUT2D eigenvalue weighted by Gasteiger charge is 2.14. The Hall–Kier alpha value is -3.00. The van der Waals surface area contributed by atoms with Gasteiger partial charge in [0.15, 0.2) is 0 Å². The zero-order valence-electron chi connectivity index (χ0n) is 16.0. The molecule has 0 bridgehead atoms. The molecule has 0 aliphatic carbocycles. The van der Waals surface area contributed by atoms with E-state index in [1.54, 1.807) is 6.08 Å². The molecular weight excluding hydrogens is 326 g/mol. The summed E-state index contributed by atoms with van der Waals surface area (Å²) in [6, 6.07) is 11.8. The first-order chi connectivity index (χ1) is 12.4. The number of nitrogens with one attached hydrogen (secondary N) is 1. The molecule has 0 atom stereocenters. The zero-order valence-corrected chi connectivity index (χ0v) is 16.0. The fourth-order valence-corrected chi connectivity index (χ4v) is 2.83. The number of aromatic nitrogens is 1. The van der Waals surface area contributed by atoms with Gasteiger partial charge < -0.3 is 14.6 Å². The van der Waals surface area contributed by atoms with E-state index in [4.69, 9.17) is 4.74 Å². The smallest absolute Gasteiger partial charge is 0.262 e. The van der Waals surface area contributed by atoms with Crippen molar-refractivity contribution >= 4 is 12.0 Å². The van der Waals surface area contributed by atoms with E-state index in [1.165, 1.54) is 0 Å². The number of rotatable bonds is 6. The van der Waals surface area contributed by atoms with Gasteiger partial charge in [-0.3, -0.25) is 4.79 Å². The van der Waals surface area contributed by atoms with Crippen molar-refractivity contribution in [2.24, 2.45) is 0 Å². The topological polar surface area (TPSA) is 67.0 Å². The van der Waals surface area contributed by atoms with Crippen molar-refractivity contribution in [3.63, 3.8) is 0 Å². The number of nitriles is 1. The van der Waals surface area contributed by atoms with E-state index in [9.17, 15) is 10.1 Å². The molecule has 2 aromatic rings. The van der Waals surface area contributed by atoms with Gasteiger partial charge in [-0.05, 0) is 76.6 Å². The predicted molar refractivity (Wildman–Crippen MR) is 103 cm³/mol. The van der Waals surface area contributed by atoms with Crippen LogP contribution in [0.25, 0.3) is 11.8 Å². The minimum Gasteiger partial charge on any atom is -0.494 e. The Bertz CT molecular complexity index is 853. The van der Waals surface area contributed by atoms with Gasteiger partial charge in [-0.15, -0.1) is 0 Å². The number of nitrogens with zero attached hydrogens (tertiary/aromatic N) is 2. The van der Waals surface area contributed by atoms with Gasteiger partial charge in [0.1, 0.15) is 17.4 Å². The normalized spacial score (nSPS) is 11.3. The van der Waals surface area contributed by atoms with Crippen molar-refractivity contribution in [3.05, 3.63) is 52.9 Å². The Morgan fingerprint density at radius 1 is 1.31 bits per heavy atom. The molecule has 26 heavy (non-hydrogen) atoms. The molecule has 0 aliphatic heterocycles. The van der Waals surface area contributed by atoms with Crippen LogP contribution in [0.2, 0.25) is 0 Å². The molecule has 5 nitrogen and oxygen atoms in total. The standard InChI is InChI=1S/C21H25N3O2/c1-6-26-20-9-7-19(8-10-20)24-15(4)11-17(16(24)5)12-18(13-22)21(25)23-14(2)3/h7-12,14H,6H2,1-5H3,(H,23,25)/b18-12+. The number of carbonyl (C=O) groups excluding carboxylic acids is 1. The van der Waals surface area contributed by atoms with Crippen molar-refractivity contribution in [2.45, 2.75) is 40.7 Å². The van der Waals surface area contributed by atoms with E-state index in [0.29, 0.717) is 6.61 Å². The molecule has 0 spiro atoms. The number of carbonyl (C=O) groups is 1. The van der Waals surface area contributed by atoms with Crippen LogP contribution in [0.4, 0.5) is 0 Å². The van der Waals surface area contributed by atoms with E-state index < -0.39 is 0 Å². The highest BCUT2D eigenvalue weighted by atomic mass is 16.5. The fraction of sp³-hybridized carbons (Fsp3) is 0.333. The molecule has 1 amide bonds. The van der Waals surface area contributed by atoms with Crippen LogP contribution in [-0.2, 0) is 4.79 Å². The fourth-order valence-electron chi connectivity index (χ4n) is 2.83. The minimum absolute atomic E-state index is 0.0180. The molecule has 1 heterocycles. The lowest BCUT2D eigenvalue weighted by molar-refractivity contribution is -0.117. The lowest BCUT2D eigenvalue weighted by Gasteiger charge is -2.11. The lowest BCUT2D eigenvalue weighted by atomic mass is 10.1. The first-order valence-electron chi connectivity index (χ1n) is 8.72. The molecule has 0 saturated heterocycles. The molecule has 0 fully saturated rings. The van der Waals surface area contributed by atoms with E-state index in [-0.39, 0.29) is 17.5 Å². The predicted octanol–water partition coefficient (Wildman–Crippen LogP) is 3.92. The first-order valence-corrected chi connectivity index (χ1v) is 8.72. The van der Waals surface area contributed by atoms with Gasteiger partial charge in [-0.2, -0.15) is 5.26 Å². The second kappa shape index (κ2) is 8.39. The summed E-state index contributed by atoms with van der Waals surface area (Å²) in [5, 5.41) is 12.1. The number of amides is 1. The summed E-state index contributed by atoms with van der Waals surface area (Å²) in [6.45, 7) is 10.3. The molecule has 0 radical (unpaired) electrons. The summed E-state index contributed by atoms with van der Waals surface area (Å²) < 4.78 is 7.58. The van der Waals surface area contributed by atoms with Gasteiger partial charge >= 0.3 is 0 Å². The lowest BCUT2D eigenvalue weighted by Crippen LogP contribution is -2.30. The Kier molecular flexibility index (Phi) is 6.24. The molecule has 0 saturated carbocycles. The van der Waals surface area contributed by atoms with Crippen molar-refractivity contribution in [2.75, 3.05) is 6.61 Å². The second-order valence-corrected chi connectivity index (χ2v) is 6.39. The van der Waals surface area contributed by atoms with E-state index in [1.807, 2.05) is 71.0 Å². The third kappa shape index (κ3) is 4.34. The Labute approximate surface area is 154 Å². The quantitative estimate of drug-likeness (QED) is 0.633. The summed E-state index contributed by atoms with van der Waals surface area (Å²) in [4.78, 5) is 12.1. The molecule has 1 aromatic carbocycles. The maximum Gasteiger partial charge on any atom is 0.262 e. The van der Waals surface area contributed by atoms with Gasteiger partial charge in [0.2, 0.25) is 0 Å². The average Bonchev–Trinajstić information content (AvgIpc) is 2.87. The Morgan fingerprint density at radius 3 is 2.50 bits per heavy atom. The zero-order chi connectivity index (χ0) is 19.3. The van der Waals surface area contributed by atoms with E-state index in [0.717, 1.165) is 28.4 Å². The van der Waals surface area contributed by atoms with Gasteiger partial charge in [-0.25, -0.2) is 0 Å². The largest absolute Gasteiger partial charge is 0.494 e. The van der Waals surface area contributed by atoms with Gasteiger partial charge in [0, 0.05) is 23.1 Å². The van der Waals surface area contributed by atoms with Gasteiger partial charge in [0.25, 0.3) is 5.91 Å². The molecule has 1 aromatic heterocycles. The summed E-state index contributed by atoms with van der Waals surface area (Å²) in [5.74, 6) is 0.476. The number of aryl methyl sites for hydroxylation is 1. The van der Waals surface area contributed by atoms with Crippen LogP contribution in [0.1, 0.15) is 37.7 Å². The number of hydrogen-bond donors (Lipinski definition) is 1. The van der Waals surface area contributed by atoms with Crippen LogP contribution in [0.3, 0.4) is 0 Å². The Morgan fingerprint density at radius 2 is 1.96 bits per heavy atom. The first kappa shape index (κ1) is 19.3. The van der Waals surface area contributed by atoms with Crippen LogP contribution in [0.15, 0.2) is 35.9 Å². The number of ether oxygens (including phenoxy) is 1. The van der Waals surface area contributed by atoms with Crippen molar-refractivity contribution in [3.8, 4) is 17.5 Å². The minimum atomic E-state index is -0.353. The van der Waals surface area contributed by atoms with Crippen molar-refractivity contribution in [1.82, 2.24) is 9.88 Å². The molecule has 0 unspecified atom stereocenters. The van der Waals surface area contributed by atoms with Gasteiger partial charge in [-0.1, -0.05) is 0 Å². The average molecular weight is 351 g/mol. The summed E-state index contributed by atoms with van der Waals surface area (Å²) >= 11 is 0. The second-order valence-electron chi connectivity index (χ2n) is 6.39.